The van der Waals surface area contributed by atoms with Gasteiger partial charge in [-0.1, -0.05) is 13.8 Å². The number of hydrogen-bond donors (Lipinski definition) is 2. The minimum atomic E-state index is 0. The van der Waals surface area contributed by atoms with E-state index in [-0.39, 0.29) is 24.0 Å². The van der Waals surface area contributed by atoms with Gasteiger partial charge in [0.25, 0.3) is 0 Å². The Hall–Kier alpha value is -1.13. The Morgan fingerprint density at radius 1 is 1.29 bits per heavy atom. The second-order valence-electron chi connectivity index (χ2n) is 7.31. The highest BCUT2D eigenvalue weighted by Gasteiger charge is 2.23. The predicted molar refractivity (Wildman–Crippen MR) is 125 cm³/mol. The summed E-state index contributed by atoms with van der Waals surface area (Å²) in [7, 11) is 3.50. The number of pyridine rings is 1. The standard InChI is InChI=1S/C20H35N5O2.HI/c1-14(2)18(25-7-9-27-10-8-25)13-24-20(21-5)23-12-17-16(4)19(26-6)15(3)11-22-17;/h11,14,18H,7-10,12-13H2,1-6H3,(H2,21,23,24);1H. The first-order valence-corrected chi connectivity index (χ1v) is 9.73. The fourth-order valence-corrected chi connectivity index (χ4v) is 3.53. The van der Waals surface area contributed by atoms with Gasteiger partial charge in [-0.2, -0.15) is 0 Å². The van der Waals surface area contributed by atoms with Gasteiger partial charge < -0.3 is 20.1 Å². The van der Waals surface area contributed by atoms with Crippen molar-refractivity contribution in [3.05, 3.63) is 23.0 Å². The summed E-state index contributed by atoms with van der Waals surface area (Å²) in [5, 5.41) is 6.85. The van der Waals surface area contributed by atoms with E-state index >= 15 is 0 Å². The maximum absolute atomic E-state index is 5.49. The van der Waals surface area contributed by atoms with E-state index in [1.165, 1.54) is 0 Å². The SMILES string of the molecule is CN=C(NCc1ncc(C)c(OC)c1C)NCC(C(C)C)N1CCOCC1.I. The van der Waals surface area contributed by atoms with Crippen LogP contribution in [0.15, 0.2) is 11.2 Å². The first kappa shape index (κ1) is 24.9. The highest BCUT2D eigenvalue weighted by Crippen LogP contribution is 2.23. The van der Waals surface area contributed by atoms with Crippen molar-refractivity contribution in [2.75, 3.05) is 47.0 Å². The van der Waals surface area contributed by atoms with Gasteiger partial charge in [0, 0.05) is 50.0 Å². The molecule has 1 aromatic heterocycles. The molecule has 7 nitrogen and oxygen atoms in total. The van der Waals surface area contributed by atoms with Gasteiger partial charge in [-0.25, -0.2) is 0 Å². The number of aromatic nitrogens is 1. The summed E-state index contributed by atoms with van der Waals surface area (Å²) in [5.74, 6) is 2.24. The van der Waals surface area contributed by atoms with Crippen molar-refractivity contribution < 1.29 is 9.47 Å². The molecule has 8 heteroatoms. The number of aliphatic imine (C=N–C) groups is 1. The lowest BCUT2D eigenvalue weighted by Gasteiger charge is -2.37. The Morgan fingerprint density at radius 3 is 2.54 bits per heavy atom. The van der Waals surface area contributed by atoms with E-state index in [0.717, 1.165) is 61.4 Å². The minimum Gasteiger partial charge on any atom is -0.496 e. The Bertz CT molecular complexity index is 633. The molecule has 1 aromatic rings. The smallest absolute Gasteiger partial charge is 0.191 e. The van der Waals surface area contributed by atoms with Crippen LogP contribution < -0.4 is 15.4 Å². The van der Waals surface area contributed by atoms with Crippen molar-refractivity contribution in [3.8, 4) is 5.75 Å². The fraction of sp³-hybridized carbons (Fsp3) is 0.700. The summed E-state index contributed by atoms with van der Waals surface area (Å²) in [6.07, 6.45) is 1.85. The van der Waals surface area contributed by atoms with E-state index in [4.69, 9.17) is 9.47 Å². The molecule has 28 heavy (non-hydrogen) atoms. The maximum Gasteiger partial charge on any atom is 0.191 e. The second-order valence-corrected chi connectivity index (χ2v) is 7.31. The van der Waals surface area contributed by atoms with Crippen molar-refractivity contribution >= 4 is 29.9 Å². The van der Waals surface area contributed by atoms with E-state index in [2.05, 4.69) is 39.4 Å². The van der Waals surface area contributed by atoms with Gasteiger partial charge >= 0.3 is 0 Å². The van der Waals surface area contributed by atoms with Crippen LogP contribution in [-0.4, -0.2) is 68.9 Å². The van der Waals surface area contributed by atoms with Gasteiger partial charge in [0.05, 0.1) is 32.6 Å². The lowest BCUT2D eigenvalue weighted by atomic mass is 10.0. The lowest BCUT2D eigenvalue weighted by Crippen LogP contribution is -2.52. The number of nitrogens with one attached hydrogen (secondary N) is 2. The zero-order valence-corrected chi connectivity index (χ0v) is 20.4. The van der Waals surface area contributed by atoms with Crippen LogP contribution >= 0.6 is 24.0 Å². The number of aryl methyl sites for hydroxylation is 1. The topological polar surface area (TPSA) is 71.0 Å². The van der Waals surface area contributed by atoms with Crippen LogP contribution in [0.3, 0.4) is 0 Å². The fourth-order valence-electron chi connectivity index (χ4n) is 3.53. The van der Waals surface area contributed by atoms with Gasteiger partial charge in [-0.15, -0.1) is 24.0 Å². The molecule has 1 fully saturated rings. The molecule has 0 amide bonds. The van der Waals surface area contributed by atoms with Gasteiger partial charge in [0.2, 0.25) is 0 Å². The summed E-state index contributed by atoms with van der Waals surface area (Å²) >= 11 is 0. The van der Waals surface area contributed by atoms with Crippen molar-refractivity contribution in [1.82, 2.24) is 20.5 Å². The quantitative estimate of drug-likeness (QED) is 0.337. The van der Waals surface area contributed by atoms with E-state index < -0.39 is 0 Å². The van der Waals surface area contributed by atoms with Gasteiger partial charge in [-0.3, -0.25) is 14.9 Å². The van der Waals surface area contributed by atoms with Gasteiger partial charge in [-0.05, 0) is 19.8 Å². The summed E-state index contributed by atoms with van der Waals surface area (Å²) in [6, 6.07) is 0.451. The largest absolute Gasteiger partial charge is 0.496 e. The molecule has 0 aliphatic carbocycles. The van der Waals surface area contributed by atoms with E-state index in [1.807, 2.05) is 20.0 Å². The van der Waals surface area contributed by atoms with Crippen molar-refractivity contribution in [3.63, 3.8) is 0 Å². The third-order valence-electron chi connectivity index (χ3n) is 5.16. The number of morpholine rings is 1. The van der Waals surface area contributed by atoms with E-state index in [1.54, 1.807) is 14.2 Å². The molecule has 2 heterocycles. The average molecular weight is 505 g/mol. The number of guanidine groups is 1. The highest BCUT2D eigenvalue weighted by atomic mass is 127. The molecule has 0 radical (unpaired) electrons. The van der Waals surface area contributed by atoms with Crippen molar-refractivity contribution in [1.29, 1.82) is 0 Å². The molecule has 1 aliphatic rings. The van der Waals surface area contributed by atoms with Crippen molar-refractivity contribution in [2.24, 2.45) is 10.9 Å². The van der Waals surface area contributed by atoms with Crippen LogP contribution in [0.25, 0.3) is 0 Å². The molecule has 1 aliphatic heterocycles. The van der Waals surface area contributed by atoms with Crippen LogP contribution in [0, 0.1) is 19.8 Å². The third kappa shape index (κ3) is 6.73. The van der Waals surface area contributed by atoms with Crippen LogP contribution in [-0.2, 0) is 11.3 Å². The predicted octanol–water partition coefficient (Wildman–Crippen LogP) is 2.35. The second kappa shape index (κ2) is 12.4. The third-order valence-corrected chi connectivity index (χ3v) is 5.16. The number of rotatable bonds is 7. The molecule has 1 atom stereocenters. The first-order valence-electron chi connectivity index (χ1n) is 9.73. The molecule has 2 rings (SSSR count). The van der Waals surface area contributed by atoms with Gasteiger partial charge in [0.1, 0.15) is 5.75 Å². The summed E-state index contributed by atoms with van der Waals surface area (Å²) in [6.45, 7) is 13.6. The molecular formula is C20H36IN5O2. The van der Waals surface area contributed by atoms with Crippen LogP contribution in [0.5, 0.6) is 5.75 Å². The maximum atomic E-state index is 5.49. The van der Waals surface area contributed by atoms with Crippen LogP contribution in [0.2, 0.25) is 0 Å². The zero-order chi connectivity index (χ0) is 19.8. The molecule has 0 spiro atoms. The molecule has 0 bridgehead atoms. The summed E-state index contributed by atoms with van der Waals surface area (Å²) in [5.41, 5.74) is 3.08. The van der Waals surface area contributed by atoms with E-state index in [9.17, 15) is 0 Å². The number of hydrogen-bond acceptors (Lipinski definition) is 5. The normalized spacial score (nSPS) is 16.5. The van der Waals surface area contributed by atoms with Crippen LogP contribution in [0.4, 0.5) is 0 Å². The number of methoxy groups -OCH3 is 1. The Morgan fingerprint density at radius 2 is 1.96 bits per heavy atom. The number of nitrogens with zero attached hydrogens (tertiary/aromatic N) is 3. The Kier molecular flexibility index (Phi) is 11.1. The summed E-state index contributed by atoms with van der Waals surface area (Å²) in [4.78, 5) is 11.4. The average Bonchev–Trinajstić information content (AvgIpc) is 2.66. The number of ether oxygens (including phenoxy) is 2. The Labute approximate surface area is 186 Å². The van der Waals surface area contributed by atoms with Crippen LogP contribution in [0.1, 0.15) is 30.7 Å². The molecule has 160 valence electrons. The van der Waals surface area contributed by atoms with Gasteiger partial charge in [0.15, 0.2) is 5.96 Å². The molecule has 1 saturated heterocycles. The first-order chi connectivity index (χ1) is 13.0. The summed E-state index contributed by atoms with van der Waals surface area (Å²) < 4.78 is 11.0. The highest BCUT2D eigenvalue weighted by molar-refractivity contribution is 14.0. The number of halogens is 1. The molecular weight excluding hydrogens is 469 g/mol. The molecule has 2 N–H and O–H groups in total. The minimum absolute atomic E-state index is 0. The zero-order valence-electron chi connectivity index (χ0n) is 18.0. The molecule has 1 unspecified atom stereocenters. The molecule has 0 aromatic carbocycles. The molecule has 0 saturated carbocycles. The lowest BCUT2D eigenvalue weighted by molar-refractivity contribution is 0.00752. The Balaban J connectivity index is 0.00000392. The van der Waals surface area contributed by atoms with Crippen molar-refractivity contribution in [2.45, 2.75) is 40.3 Å². The monoisotopic (exact) mass is 505 g/mol. The van der Waals surface area contributed by atoms with E-state index in [0.29, 0.717) is 18.5 Å².